The number of hydrogen-bond donors (Lipinski definition) is 4. The molecule has 5 heterocycles. The van der Waals surface area contributed by atoms with Crippen molar-refractivity contribution in [3.8, 4) is 11.5 Å². The first-order valence-corrected chi connectivity index (χ1v) is 18.2. The van der Waals surface area contributed by atoms with Crippen molar-refractivity contribution in [2.24, 2.45) is 28.3 Å². The summed E-state index contributed by atoms with van der Waals surface area (Å²) in [7, 11) is -4.77. The van der Waals surface area contributed by atoms with Crippen molar-refractivity contribution in [2.45, 2.75) is 81.0 Å². The average Bonchev–Trinajstić information content (AvgIpc) is 3.20. The molecular weight excluding hydrogens is 653 g/mol. The molecule has 0 saturated carbocycles. The second-order valence-electron chi connectivity index (χ2n) is 13.3. The van der Waals surface area contributed by atoms with Crippen molar-refractivity contribution in [3.63, 3.8) is 0 Å². The van der Waals surface area contributed by atoms with Gasteiger partial charge >= 0.3 is 29.6 Å². The molecule has 0 spiro atoms. The molecule has 0 unspecified atom stereocenters. The summed E-state index contributed by atoms with van der Waals surface area (Å²) in [5.74, 6) is -0.610. The molecule has 8 atom stereocenters. The van der Waals surface area contributed by atoms with E-state index in [1.54, 1.807) is 12.1 Å². The first-order chi connectivity index (χ1) is 23.0. The fourth-order valence-corrected chi connectivity index (χ4v) is 9.06. The summed E-state index contributed by atoms with van der Waals surface area (Å²) >= 11 is 0. The van der Waals surface area contributed by atoms with Gasteiger partial charge in [-0.15, -0.1) is 0 Å². The van der Waals surface area contributed by atoms with E-state index < -0.39 is 33.6 Å². The van der Waals surface area contributed by atoms with Gasteiger partial charge in [0.25, 0.3) is 0 Å². The fraction of sp³-hybridized carbons (Fsp3) is 0.432. The Kier molecular flexibility index (Phi) is 12.2. The van der Waals surface area contributed by atoms with Crippen molar-refractivity contribution < 1.29 is 62.2 Å². The van der Waals surface area contributed by atoms with Crippen LogP contribution >= 0.6 is 0 Å². The van der Waals surface area contributed by atoms with Crippen LogP contribution in [0.5, 0.6) is 11.5 Å². The summed E-state index contributed by atoms with van der Waals surface area (Å²) in [6, 6.07) is 22.0. The number of aliphatic hydroxyl groups is 1. The molecule has 12 heteroatoms. The van der Waals surface area contributed by atoms with E-state index in [4.69, 9.17) is 20.9 Å². The fourth-order valence-electron chi connectivity index (χ4n) is 7.96. The number of phenols is 1. The molecule has 9 rings (SSSR count). The molecule has 1 fully saturated rings. The summed E-state index contributed by atoms with van der Waals surface area (Å²) in [4.78, 5) is 4.34. The van der Waals surface area contributed by atoms with Gasteiger partial charge in [-0.2, -0.15) is 0 Å². The van der Waals surface area contributed by atoms with Crippen molar-refractivity contribution >= 4 is 16.1 Å². The summed E-state index contributed by atoms with van der Waals surface area (Å²) < 4.78 is 53.3. The molecule has 3 aromatic carbocycles. The van der Waals surface area contributed by atoms with Crippen LogP contribution in [-0.2, 0) is 14.9 Å². The monoisotopic (exact) mass is 697 g/mol. The predicted molar refractivity (Wildman–Crippen MR) is 182 cm³/mol. The van der Waals surface area contributed by atoms with E-state index in [2.05, 4.69) is 4.99 Å². The number of nitrogens with zero attached hydrogens (tertiary/aromatic N) is 1. The number of aliphatic imine (C=N–C) groups is 1. The molecule has 10 nitrogen and oxygen atoms in total. The zero-order chi connectivity index (χ0) is 34.0. The summed E-state index contributed by atoms with van der Waals surface area (Å²) in [6.07, 6.45) is 3.75. The Morgan fingerprint density at radius 3 is 2.18 bits per heavy atom. The second-order valence-corrected chi connectivity index (χ2v) is 14.9. The molecule has 3 aromatic rings. The maximum absolute atomic E-state index is 13.4. The SMILES string of the molecule is CC[C@@H]1C[C@@H](S(=O)(=O)[O-])[C@H]2C=C3C[C@@H](C[C@H](CCCO)O[C@H]3c3ccc(O)cc3)[C@H]2c2ccc(cc2)[C@H](N=C(N)N)Oc2ccc1cc2.[Na+]. The normalized spacial score (nSPS) is 28.0. The van der Waals surface area contributed by atoms with Crippen LogP contribution in [0, 0.1) is 11.8 Å². The Bertz CT molecular complexity index is 1730. The number of allylic oxidation sites excluding steroid dienone is 1. The van der Waals surface area contributed by atoms with Crippen molar-refractivity contribution in [1.29, 1.82) is 0 Å². The predicted octanol–water partition coefficient (Wildman–Crippen LogP) is 2.51. The van der Waals surface area contributed by atoms with Gasteiger partial charge in [0.1, 0.15) is 17.6 Å². The Morgan fingerprint density at radius 2 is 1.57 bits per heavy atom. The second kappa shape index (κ2) is 16.0. The van der Waals surface area contributed by atoms with Gasteiger partial charge in [-0.1, -0.05) is 61.5 Å². The van der Waals surface area contributed by atoms with Gasteiger partial charge in [-0.25, -0.2) is 13.4 Å². The molecule has 1 aliphatic carbocycles. The maximum atomic E-state index is 13.4. The van der Waals surface area contributed by atoms with Crippen LogP contribution in [0.4, 0.5) is 0 Å². The van der Waals surface area contributed by atoms with Crippen LogP contribution in [0.2, 0.25) is 0 Å². The van der Waals surface area contributed by atoms with Gasteiger partial charge in [0.15, 0.2) is 5.96 Å². The molecule has 5 aliphatic heterocycles. The molecule has 0 amide bonds. The first kappa shape index (κ1) is 37.4. The van der Waals surface area contributed by atoms with E-state index in [0.717, 1.165) is 22.3 Å². The van der Waals surface area contributed by atoms with Crippen LogP contribution in [0.15, 0.2) is 89.4 Å². The number of guanidine groups is 1. The average molecular weight is 698 g/mol. The quantitative estimate of drug-likeness (QED) is 0.0949. The molecule has 6 bridgehead atoms. The Hall–Kier alpha value is -2.90. The molecule has 6 N–H and O–H groups in total. The van der Waals surface area contributed by atoms with Crippen LogP contribution < -0.4 is 45.8 Å². The molecule has 0 aromatic heterocycles. The number of rotatable bonds is 7. The molecule has 0 radical (unpaired) electrons. The van der Waals surface area contributed by atoms with E-state index in [-0.39, 0.29) is 78.2 Å². The van der Waals surface area contributed by atoms with Crippen LogP contribution in [0.3, 0.4) is 0 Å². The van der Waals surface area contributed by atoms with Crippen molar-refractivity contribution in [3.05, 3.63) is 107 Å². The van der Waals surface area contributed by atoms with E-state index in [9.17, 15) is 23.2 Å². The van der Waals surface area contributed by atoms with Crippen molar-refractivity contribution in [2.75, 3.05) is 6.61 Å². The third-order valence-corrected chi connectivity index (χ3v) is 11.5. The minimum atomic E-state index is -4.77. The minimum absolute atomic E-state index is 0. The van der Waals surface area contributed by atoms with E-state index in [1.807, 2.05) is 73.7 Å². The van der Waals surface area contributed by atoms with E-state index >= 15 is 0 Å². The molecule has 49 heavy (non-hydrogen) atoms. The summed E-state index contributed by atoms with van der Waals surface area (Å²) in [5, 5.41) is 18.5. The van der Waals surface area contributed by atoms with E-state index in [0.29, 0.717) is 43.4 Å². The van der Waals surface area contributed by atoms with Gasteiger partial charge in [0.05, 0.1) is 21.5 Å². The third kappa shape index (κ3) is 8.53. The van der Waals surface area contributed by atoms with Crippen LogP contribution in [-0.4, -0.2) is 47.1 Å². The first-order valence-electron chi connectivity index (χ1n) is 16.7. The van der Waals surface area contributed by atoms with Gasteiger partial charge < -0.3 is 35.7 Å². The summed E-state index contributed by atoms with van der Waals surface area (Å²) in [5.41, 5.74) is 15.9. The summed E-state index contributed by atoms with van der Waals surface area (Å²) in [6.45, 7) is 2.03. The molecular formula is C37H44N3NaO7S. The standard InChI is InChI=1S/C37H45N3O7S.Na/c1-2-22-21-33(48(43,44)45)32-20-28-18-27(19-31(4-3-17-41)46-35(28)25-9-13-29(42)14-10-25)34(32)24-5-7-26(8-6-24)36(40-37(38)39)47-30-15-11-23(22)12-16-30;/h5-16,20,22,27,31-36,41-42H,2-4,17-19,21H2,1H3,(H4,38,39,40)(H,43,44,45);/q;+1/p-1/t22-,27+,31+,32-,33-,34-,35+,36-;/m1./s1. The third-order valence-electron chi connectivity index (χ3n) is 10.2. The van der Waals surface area contributed by atoms with Gasteiger partial charge in [0.2, 0.25) is 6.23 Å². The number of benzene rings is 3. The van der Waals surface area contributed by atoms with E-state index in [1.165, 1.54) is 0 Å². The van der Waals surface area contributed by atoms with Crippen LogP contribution in [0.1, 0.15) is 91.9 Å². The number of ether oxygens (including phenoxy) is 2. The van der Waals surface area contributed by atoms with Gasteiger partial charge in [-0.05, 0) is 109 Å². The number of phenolic OH excluding ortho intramolecular Hbond substituents is 1. The number of nitrogens with two attached hydrogens (primary N) is 2. The van der Waals surface area contributed by atoms with Crippen molar-refractivity contribution in [1.82, 2.24) is 0 Å². The minimum Gasteiger partial charge on any atom is -0.748 e. The van der Waals surface area contributed by atoms with Gasteiger partial charge in [0, 0.05) is 12.2 Å². The number of aromatic hydroxyl groups is 1. The Labute approximate surface area is 310 Å². The number of aliphatic hydroxyl groups excluding tert-OH is 1. The molecule has 6 aliphatic rings. The molecule has 1 saturated heterocycles. The number of hydrogen-bond acceptors (Lipinski definition) is 8. The van der Waals surface area contributed by atoms with Gasteiger partial charge in [-0.3, -0.25) is 0 Å². The topological polar surface area (TPSA) is 181 Å². The van der Waals surface area contributed by atoms with Crippen LogP contribution in [0.25, 0.3) is 0 Å². The Balaban J connectivity index is 0.00000468. The number of fused-ring (bicyclic) bond motifs is 2. The zero-order valence-corrected chi connectivity index (χ0v) is 30.8. The smallest absolute Gasteiger partial charge is 0.748 e. The largest absolute Gasteiger partial charge is 1.00 e. The molecule has 256 valence electrons. The maximum Gasteiger partial charge on any atom is 1.00 e. The zero-order valence-electron chi connectivity index (χ0n) is 28.0. The Morgan fingerprint density at radius 1 is 0.939 bits per heavy atom.